The Bertz CT molecular complexity index is 957. The van der Waals surface area contributed by atoms with Crippen molar-refractivity contribution in [1.29, 1.82) is 0 Å². The Morgan fingerprint density at radius 2 is 1.61 bits per heavy atom. The molecule has 1 aromatic heterocycles. The van der Waals surface area contributed by atoms with Crippen molar-refractivity contribution in [3.8, 4) is 5.69 Å². The van der Waals surface area contributed by atoms with Crippen molar-refractivity contribution in [3.05, 3.63) is 75.7 Å². The summed E-state index contributed by atoms with van der Waals surface area (Å²) in [6.07, 6.45) is 1.73. The van der Waals surface area contributed by atoms with E-state index in [-0.39, 0.29) is 16.9 Å². The lowest BCUT2D eigenvalue weighted by atomic mass is 9.98. The summed E-state index contributed by atoms with van der Waals surface area (Å²) in [4.78, 5) is 12.8. The highest BCUT2D eigenvalue weighted by atomic mass is 19.2. The van der Waals surface area contributed by atoms with Crippen LogP contribution in [-0.4, -0.2) is 4.57 Å². The molecule has 0 spiro atoms. The van der Waals surface area contributed by atoms with Gasteiger partial charge in [0, 0.05) is 6.20 Å². The summed E-state index contributed by atoms with van der Waals surface area (Å²) >= 11 is 0. The van der Waals surface area contributed by atoms with E-state index >= 15 is 0 Å². The number of rotatable bonds is 2. The predicted octanol–water partition coefficient (Wildman–Crippen LogP) is 4.70. The van der Waals surface area contributed by atoms with Gasteiger partial charge in [0.15, 0.2) is 11.6 Å². The average Bonchev–Trinajstić information content (AvgIpc) is 2.50. The van der Waals surface area contributed by atoms with Crippen LogP contribution in [0, 0.1) is 18.6 Å². The number of benzene rings is 2. The molecule has 0 aliphatic carbocycles. The SMILES string of the molecule is Cc1ccccc1-n1cc(C(C)C)c2cc(F)c(F)cc2c1=O. The standard InChI is InChI=1S/C19H17F2NO/c1-11(2)15-10-22(18-7-5-4-6-12(18)3)19(23)14-9-17(21)16(20)8-13(14)15/h4-11H,1-3H3. The normalized spacial score (nSPS) is 11.4. The van der Waals surface area contributed by atoms with E-state index in [0.29, 0.717) is 5.39 Å². The maximum atomic E-state index is 13.7. The van der Waals surface area contributed by atoms with Crippen molar-refractivity contribution >= 4 is 10.8 Å². The molecule has 0 aliphatic rings. The van der Waals surface area contributed by atoms with Crippen molar-refractivity contribution in [2.75, 3.05) is 0 Å². The molecule has 0 atom stereocenters. The molecule has 0 amide bonds. The lowest BCUT2D eigenvalue weighted by Crippen LogP contribution is -2.20. The average molecular weight is 313 g/mol. The molecule has 23 heavy (non-hydrogen) atoms. The Hall–Kier alpha value is -2.49. The van der Waals surface area contributed by atoms with Gasteiger partial charge in [-0.3, -0.25) is 9.36 Å². The lowest BCUT2D eigenvalue weighted by Gasteiger charge is -2.16. The third-order valence-corrected chi connectivity index (χ3v) is 4.09. The number of pyridine rings is 1. The molecular formula is C19H17F2NO. The van der Waals surface area contributed by atoms with E-state index in [1.54, 1.807) is 6.20 Å². The summed E-state index contributed by atoms with van der Waals surface area (Å²) in [5.41, 5.74) is 2.14. The molecule has 0 saturated heterocycles. The van der Waals surface area contributed by atoms with Crippen LogP contribution in [0.25, 0.3) is 16.5 Å². The molecule has 0 aliphatic heterocycles. The van der Waals surface area contributed by atoms with Gasteiger partial charge in [-0.2, -0.15) is 0 Å². The molecule has 3 aromatic rings. The van der Waals surface area contributed by atoms with Crippen LogP contribution in [0.2, 0.25) is 0 Å². The molecule has 0 bridgehead atoms. The minimum Gasteiger partial charge on any atom is -0.283 e. The molecule has 0 unspecified atom stereocenters. The number of fused-ring (bicyclic) bond motifs is 1. The molecule has 2 aromatic carbocycles. The Morgan fingerprint density at radius 1 is 1.00 bits per heavy atom. The van der Waals surface area contributed by atoms with Crippen molar-refractivity contribution in [2.24, 2.45) is 0 Å². The van der Waals surface area contributed by atoms with Gasteiger partial charge < -0.3 is 0 Å². The van der Waals surface area contributed by atoms with Gasteiger partial charge >= 0.3 is 0 Å². The van der Waals surface area contributed by atoms with Crippen LogP contribution >= 0.6 is 0 Å². The van der Waals surface area contributed by atoms with Crippen molar-refractivity contribution < 1.29 is 8.78 Å². The zero-order chi connectivity index (χ0) is 16.7. The fraction of sp³-hybridized carbons (Fsp3) is 0.211. The van der Waals surface area contributed by atoms with Gasteiger partial charge in [-0.05, 0) is 47.6 Å². The van der Waals surface area contributed by atoms with E-state index in [9.17, 15) is 13.6 Å². The Kier molecular flexibility index (Phi) is 3.76. The van der Waals surface area contributed by atoms with Crippen LogP contribution in [0.1, 0.15) is 30.9 Å². The lowest BCUT2D eigenvalue weighted by molar-refractivity contribution is 0.510. The molecule has 0 saturated carbocycles. The maximum absolute atomic E-state index is 13.7. The Balaban J connectivity index is 2.46. The number of hydrogen-bond acceptors (Lipinski definition) is 1. The maximum Gasteiger partial charge on any atom is 0.263 e. The van der Waals surface area contributed by atoms with Gasteiger partial charge in [0.2, 0.25) is 0 Å². The number of hydrogen-bond donors (Lipinski definition) is 0. The number of halogens is 2. The summed E-state index contributed by atoms with van der Waals surface area (Å²) in [5.74, 6) is -1.88. The second-order valence-electron chi connectivity index (χ2n) is 6.01. The first-order valence-corrected chi connectivity index (χ1v) is 7.50. The summed E-state index contributed by atoms with van der Waals surface area (Å²) in [6, 6.07) is 9.60. The molecule has 4 heteroatoms. The Labute approximate surface area is 133 Å². The van der Waals surface area contributed by atoms with Gasteiger partial charge in [0.25, 0.3) is 5.56 Å². The van der Waals surface area contributed by atoms with Crippen molar-refractivity contribution in [1.82, 2.24) is 4.57 Å². The highest BCUT2D eigenvalue weighted by molar-refractivity contribution is 5.85. The monoisotopic (exact) mass is 313 g/mol. The van der Waals surface area contributed by atoms with E-state index in [2.05, 4.69) is 0 Å². The number of para-hydroxylation sites is 1. The first kappa shape index (κ1) is 15.4. The zero-order valence-electron chi connectivity index (χ0n) is 13.2. The third-order valence-electron chi connectivity index (χ3n) is 4.09. The van der Waals surface area contributed by atoms with E-state index in [0.717, 1.165) is 28.9 Å². The van der Waals surface area contributed by atoms with Gasteiger partial charge in [-0.15, -0.1) is 0 Å². The first-order chi connectivity index (χ1) is 10.9. The number of nitrogens with zero attached hydrogens (tertiary/aromatic N) is 1. The quantitative estimate of drug-likeness (QED) is 0.672. The molecule has 118 valence electrons. The molecule has 0 fully saturated rings. The van der Waals surface area contributed by atoms with Crippen LogP contribution < -0.4 is 5.56 Å². The predicted molar refractivity (Wildman–Crippen MR) is 88.3 cm³/mol. The van der Waals surface area contributed by atoms with Crippen LogP contribution in [0.3, 0.4) is 0 Å². The molecule has 1 heterocycles. The molecule has 0 N–H and O–H groups in total. The fourth-order valence-electron chi connectivity index (χ4n) is 2.83. The van der Waals surface area contributed by atoms with Crippen molar-refractivity contribution in [3.63, 3.8) is 0 Å². The minimum absolute atomic E-state index is 0.0678. The molecule has 3 rings (SSSR count). The summed E-state index contributed by atoms with van der Waals surface area (Å²) in [6.45, 7) is 5.83. The van der Waals surface area contributed by atoms with Crippen LogP contribution in [0.5, 0.6) is 0 Å². The van der Waals surface area contributed by atoms with E-state index in [1.807, 2.05) is 45.0 Å². The molecule has 0 radical (unpaired) electrons. The summed E-state index contributed by atoms with van der Waals surface area (Å²) in [7, 11) is 0. The van der Waals surface area contributed by atoms with E-state index in [1.165, 1.54) is 4.57 Å². The zero-order valence-corrected chi connectivity index (χ0v) is 13.2. The first-order valence-electron chi connectivity index (χ1n) is 7.50. The highest BCUT2D eigenvalue weighted by Crippen LogP contribution is 2.26. The van der Waals surface area contributed by atoms with Crippen LogP contribution in [-0.2, 0) is 0 Å². The van der Waals surface area contributed by atoms with E-state index < -0.39 is 11.6 Å². The van der Waals surface area contributed by atoms with Crippen molar-refractivity contribution in [2.45, 2.75) is 26.7 Å². The van der Waals surface area contributed by atoms with E-state index in [4.69, 9.17) is 0 Å². The number of aromatic nitrogens is 1. The summed E-state index contributed by atoms with van der Waals surface area (Å²) < 4.78 is 28.8. The Morgan fingerprint density at radius 3 is 2.22 bits per heavy atom. The molecule has 2 nitrogen and oxygen atoms in total. The smallest absolute Gasteiger partial charge is 0.263 e. The fourth-order valence-corrected chi connectivity index (χ4v) is 2.83. The second-order valence-corrected chi connectivity index (χ2v) is 6.01. The third kappa shape index (κ3) is 2.54. The van der Waals surface area contributed by atoms with Gasteiger partial charge in [0.05, 0.1) is 11.1 Å². The number of aryl methyl sites for hydroxylation is 1. The van der Waals surface area contributed by atoms with Gasteiger partial charge in [-0.25, -0.2) is 8.78 Å². The van der Waals surface area contributed by atoms with Crippen LogP contribution in [0.4, 0.5) is 8.78 Å². The van der Waals surface area contributed by atoms with Crippen LogP contribution in [0.15, 0.2) is 47.4 Å². The summed E-state index contributed by atoms with van der Waals surface area (Å²) in [5, 5.41) is 0.659. The molecular weight excluding hydrogens is 296 g/mol. The second kappa shape index (κ2) is 5.61. The van der Waals surface area contributed by atoms with Gasteiger partial charge in [-0.1, -0.05) is 32.0 Å². The van der Waals surface area contributed by atoms with Gasteiger partial charge in [0.1, 0.15) is 0 Å². The minimum atomic E-state index is -1.01. The topological polar surface area (TPSA) is 22.0 Å². The largest absolute Gasteiger partial charge is 0.283 e. The highest BCUT2D eigenvalue weighted by Gasteiger charge is 2.16.